The lowest BCUT2D eigenvalue weighted by Crippen LogP contribution is -2.12. The Morgan fingerprint density at radius 2 is 1.52 bits per heavy atom. The van der Waals surface area contributed by atoms with Crippen molar-refractivity contribution in [2.75, 3.05) is 7.11 Å². The molecule has 0 aromatic heterocycles. The molecule has 1 aliphatic rings. The van der Waals surface area contributed by atoms with Crippen molar-refractivity contribution in [3.05, 3.63) is 72.1 Å². The van der Waals surface area contributed by atoms with Gasteiger partial charge in [-0.05, 0) is 66.2 Å². The van der Waals surface area contributed by atoms with Crippen molar-refractivity contribution in [1.82, 2.24) is 0 Å². The number of allylic oxidation sites excluding steroid dienone is 1. The standard InChI is InChI=1S/C23H27FO/c1-25-17-19-6-10-21(11-7-19)23-14-12-22(13-15-23)20-8-4-18(5-9-20)3-2-16-24/h2,6-7,10-16,18,20H,3-5,8-9,17H2,1H3/b16-2+. The van der Waals surface area contributed by atoms with Crippen LogP contribution in [0.1, 0.15) is 49.1 Å². The van der Waals surface area contributed by atoms with E-state index < -0.39 is 0 Å². The minimum Gasteiger partial charge on any atom is -0.380 e. The average molecular weight is 338 g/mol. The first-order valence-corrected chi connectivity index (χ1v) is 9.23. The van der Waals surface area contributed by atoms with Gasteiger partial charge < -0.3 is 4.74 Å². The van der Waals surface area contributed by atoms with Crippen molar-refractivity contribution in [2.45, 2.75) is 44.6 Å². The van der Waals surface area contributed by atoms with Crippen molar-refractivity contribution >= 4 is 0 Å². The van der Waals surface area contributed by atoms with Crippen LogP contribution in [0.2, 0.25) is 0 Å². The Morgan fingerprint density at radius 1 is 0.920 bits per heavy atom. The first kappa shape index (κ1) is 17.9. The number of hydrogen-bond donors (Lipinski definition) is 0. The Morgan fingerprint density at radius 3 is 2.08 bits per heavy atom. The summed E-state index contributed by atoms with van der Waals surface area (Å²) in [5.41, 5.74) is 5.14. The van der Waals surface area contributed by atoms with Gasteiger partial charge >= 0.3 is 0 Å². The van der Waals surface area contributed by atoms with Crippen LogP contribution in [-0.2, 0) is 11.3 Å². The molecule has 0 atom stereocenters. The maximum atomic E-state index is 12.1. The molecule has 0 radical (unpaired) electrons. The number of rotatable bonds is 6. The minimum absolute atomic E-state index is 0.656. The third kappa shape index (κ3) is 4.79. The highest BCUT2D eigenvalue weighted by Crippen LogP contribution is 2.37. The fourth-order valence-corrected chi connectivity index (χ4v) is 3.88. The minimum atomic E-state index is 0.656. The normalized spacial score (nSPS) is 20.9. The highest BCUT2D eigenvalue weighted by molar-refractivity contribution is 5.64. The monoisotopic (exact) mass is 338 g/mol. The molecule has 0 heterocycles. The van der Waals surface area contributed by atoms with Crippen LogP contribution in [0.3, 0.4) is 0 Å². The molecular formula is C23H27FO. The summed E-state index contributed by atoms with van der Waals surface area (Å²) in [6.45, 7) is 0.656. The SMILES string of the molecule is COCc1ccc(-c2ccc(C3CCC(C/C=C/F)CC3)cc2)cc1. The summed E-state index contributed by atoms with van der Waals surface area (Å²) in [6, 6.07) is 17.6. The van der Waals surface area contributed by atoms with E-state index in [1.54, 1.807) is 13.2 Å². The Kier molecular flexibility index (Phi) is 6.41. The van der Waals surface area contributed by atoms with Crippen LogP contribution in [0.15, 0.2) is 60.9 Å². The van der Waals surface area contributed by atoms with Crippen molar-refractivity contribution in [3.8, 4) is 11.1 Å². The highest BCUT2D eigenvalue weighted by atomic mass is 19.1. The van der Waals surface area contributed by atoms with Crippen molar-refractivity contribution in [3.63, 3.8) is 0 Å². The van der Waals surface area contributed by atoms with Gasteiger partial charge in [-0.15, -0.1) is 0 Å². The summed E-state index contributed by atoms with van der Waals surface area (Å²) in [4.78, 5) is 0. The maximum absolute atomic E-state index is 12.1. The smallest absolute Gasteiger partial charge is 0.0827 e. The van der Waals surface area contributed by atoms with Gasteiger partial charge in [0.05, 0.1) is 12.9 Å². The van der Waals surface area contributed by atoms with E-state index in [-0.39, 0.29) is 0 Å². The third-order valence-corrected chi connectivity index (χ3v) is 5.39. The first-order valence-electron chi connectivity index (χ1n) is 9.23. The second-order valence-corrected chi connectivity index (χ2v) is 7.07. The van der Waals surface area contributed by atoms with Crippen molar-refractivity contribution in [2.24, 2.45) is 5.92 Å². The summed E-state index contributed by atoms with van der Waals surface area (Å²) in [5, 5.41) is 0. The molecule has 0 N–H and O–H groups in total. The Hall–Kier alpha value is -1.93. The van der Waals surface area contributed by atoms with Gasteiger partial charge in [0.2, 0.25) is 0 Å². The molecule has 1 saturated carbocycles. The zero-order chi connectivity index (χ0) is 17.5. The van der Waals surface area contributed by atoms with Gasteiger partial charge in [-0.3, -0.25) is 0 Å². The van der Waals surface area contributed by atoms with E-state index in [0.29, 0.717) is 24.8 Å². The largest absolute Gasteiger partial charge is 0.380 e. The van der Waals surface area contributed by atoms with Gasteiger partial charge in [-0.2, -0.15) is 0 Å². The van der Waals surface area contributed by atoms with Crippen LogP contribution < -0.4 is 0 Å². The topological polar surface area (TPSA) is 9.23 Å². The molecule has 0 amide bonds. The van der Waals surface area contributed by atoms with Gasteiger partial charge in [0.1, 0.15) is 0 Å². The third-order valence-electron chi connectivity index (χ3n) is 5.39. The van der Waals surface area contributed by atoms with Crippen LogP contribution in [0.25, 0.3) is 11.1 Å². The van der Waals surface area contributed by atoms with Crippen LogP contribution in [0.4, 0.5) is 4.39 Å². The summed E-state index contributed by atoms with van der Waals surface area (Å²) in [6.07, 6.45) is 8.09. The molecule has 0 saturated heterocycles. The molecule has 1 aliphatic carbocycles. The van der Waals surface area contributed by atoms with Gasteiger partial charge in [-0.25, -0.2) is 4.39 Å². The quantitative estimate of drug-likeness (QED) is 0.573. The molecule has 132 valence electrons. The number of benzene rings is 2. The maximum Gasteiger partial charge on any atom is 0.0827 e. The summed E-state index contributed by atoms with van der Waals surface area (Å²) >= 11 is 0. The zero-order valence-corrected chi connectivity index (χ0v) is 15.0. The summed E-state index contributed by atoms with van der Waals surface area (Å²) in [5.74, 6) is 1.32. The van der Waals surface area contributed by atoms with Gasteiger partial charge in [-0.1, -0.05) is 54.6 Å². The average Bonchev–Trinajstić information content (AvgIpc) is 2.68. The molecule has 3 rings (SSSR count). The summed E-state index contributed by atoms with van der Waals surface area (Å²) < 4.78 is 17.3. The van der Waals surface area contributed by atoms with E-state index >= 15 is 0 Å². The van der Waals surface area contributed by atoms with Crippen LogP contribution >= 0.6 is 0 Å². The lowest BCUT2D eigenvalue weighted by atomic mass is 9.77. The second kappa shape index (κ2) is 8.96. The van der Waals surface area contributed by atoms with E-state index in [4.69, 9.17) is 4.74 Å². The zero-order valence-electron chi connectivity index (χ0n) is 15.0. The molecule has 1 nitrogen and oxygen atoms in total. The van der Waals surface area contributed by atoms with E-state index in [0.717, 1.165) is 6.42 Å². The molecule has 0 unspecified atom stereocenters. The molecule has 25 heavy (non-hydrogen) atoms. The van der Waals surface area contributed by atoms with Gasteiger partial charge in [0.15, 0.2) is 0 Å². The number of halogens is 1. The van der Waals surface area contributed by atoms with Gasteiger partial charge in [0, 0.05) is 7.11 Å². The molecule has 2 heteroatoms. The molecule has 0 spiro atoms. The van der Waals surface area contributed by atoms with E-state index in [1.807, 2.05) is 0 Å². The lowest BCUT2D eigenvalue weighted by molar-refractivity contribution is 0.185. The van der Waals surface area contributed by atoms with Crippen molar-refractivity contribution in [1.29, 1.82) is 0 Å². The fourth-order valence-electron chi connectivity index (χ4n) is 3.88. The lowest BCUT2D eigenvalue weighted by Gasteiger charge is -2.28. The Balaban J connectivity index is 1.61. The van der Waals surface area contributed by atoms with E-state index in [1.165, 1.54) is 47.9 Å². The molecular weight excluding hydrogens is 311 g/mol. The molecule has 0 bridgehead atoms. The molecule has 0 aliphatic heterocycles. The highest BCUT2D eigenvalue weighted by Gasteiger charge is 2.21. The predicted molar refractivity (Wildman–Crippen MR) is 102 cm³/mol. The number of methoxy groups -OCH3 is 1. The summed E-state index contributed by atoms with van der Waals surface area (Å²) in [7, 11) is 1.72. The van der Waals surface area contributed by atoms with Crippen LogP contribution in [0.5, 0.6) is 0 Å². The molecule has 2 aromatic carbocycles. The number of hydrogen-bond acceptors (Lipinski definition) is 1. The Labute approximate surface area is 150 Å². The Bertz CT molecular complexity index is 664. The molecule has 1 fully saturated rings. The first-order chi connectivity index (χ1) is 12.3. The van der Waals surface area contributed by atoms with Crippen LogP contribution in [0, 0.1) is 5.92 Å². The molecule has 2 aromatic rings. The van der Waals surface area contributed by atoms with E-state index in [9.17, 15) is 4.39 Å². The number of ether oxygens (including phenoxy) is 1. The van der Waals surface area contributed by atoms with E-state index in [2.05, 4.69) is 48.5 Å². The van der Waals surface area contributed by atoms with Crippen molar-refractivity contribution < 1.29 is 9.13 Å². The fraction of sp³-hybridized carbons (Fsp3) is 0.391. The van der Waals surface area contributed by atoms with Crippen LogP contribution in [-0.4, -0.2) is 7.11 Å². The second-order valence-electron chi connectivity index (χ2n) is 7.07. The van der Waals surface area contributed by atoms with Gasteiger partial charge in [0.25, 0.3) is 0 Å². The predicted octanol–water partition coefficient (Wildman–Crippen LogP) is 6.65.